The fourth-order valence-corrected chi connectivity index (χ4v) is 5.87. The van der Waals surface area contributed by atoms with Crippen molar-refractivity contribution in [1.29, 1.82) is 0 Å². The minimum absolute atomic E-state index is 0.0427. The van der Waals surface area contributed by atoms with Crippen LogP contribution in [0.15, 0.2) is 65.3 Å². The summed E-state index contributed by atoms with van der Waals surface area (Å²) in [5, 5.41) is 11.2. The van der Waals surface area contributed by atoms with Crippen molar-refractivity contribution < 1.29 is 19.2 Å². The average molecular weight is 792 g/mol. The van der Waals surface area contributed by atoms with Gasteiger partial charge < -0.3 is 9.47 Å². The molecule has 1 aliphatic heterocycles. The van der Waals surface area contributed by atoms with Crippen molar-refractivity contribution in [1.82, 2.24) is 0 Å². The maximum Gasteiger partial charge on any atom is 0.363 e. The number of benzene rings is 3. The lowest BCUT2D eigenvalue weighted by atomic mass is 10.1. The molecule has 0 saturated carbocycles. The Morgan fingerprint density at radius 1 is 1.06 bits per heavy atom. The summed E-state index contributed by atoms with van der Waals surface area (Å²) < 4.78 is 14.3. The Morgan fingerprint density at radius 3 is 2.44 bits per heavy atom. The molecule has 0 saturated heterocycles. The van der Waals surface area contributed by atoms with Crippen LogP contribution in [0.4, 0.5) is 5.69 Å². The summed E-state index contributed by atoms with van der Waals surface area (Å²) >= 11 is 6.69. The second-order valence-corrected chi connectivity index (χ2v) is 10.8. The smallest absolute Gasteiger partial charge is 0.363 e. The molecule has 0 atom stereocenters. The quantitative estimate of drug-likeness (QED) is 0.0919. The molecule has 0 fully saturated rings. The van der Waals surface area contributed by atoms with Gasteiger partial charge in [-0.3, -0.25) is 10.1 Å². The normalized spacial score (nSPS) is 14.2. The summed E-state index contributed by atoms with van der Waals surface area (Å²) in [4.78, 5) is 27.4. The number of rotatable bonds is 6. The number of hydrogen-bond donors (Lipinski definition) is 0. The zero-order valence-electron chi connectivity index (χ0n) is 17.6. The molecule has 7 nitrogen and oxygen atoms in total. The van der Waals surface area contributed by atoms with Crippen LogP contribution in [0.3, 0.4) is 0 Å². The van der Waals surface area contributed by atoms with Crippen molar-refractivity contribution in [2.45, 2.75) is 13.5 Å². The number of aryl methyl sites for hydroxylation is 1. The summed E-state index contributed by atoms with van der Waals surface area (Å²) in [6, 6.07) is 16.4. The van der Waals surface area contributed by atoms with Crippen LogP contribution in [0.2, 0.25) is 0 Å². The third-order valence-corrected chi connectivity index (χ3v) is 7.58. The Hall–Kier alpha value is -2.07. The van der Waals surface area contributed by atoms with E-state index in [1.807, 2.05) is 36.4 Å². The van der Waals surface area contributed by atoms with Crippen LogP contribution in [0.25, 0.3) is 6.08 Å². The van der Waals surface area contributed by atoms with Crippen LogP contribution >= 0.6 is 67.8 Å². The van der Waals surface area contributed by atoms with E-state index in [0.29, 0.717) is 17.7 Å². The van der Waals surface area contributed by atoms with E-state index in [2.05, 4.69) is 72.8 Å². The Morgan fingerprint density at radius 2 is 1.76 bits per heavy atom. The summed E-state index contributed by atoms with van der Waals surface area (Å²) in [6.07, 6.45) is 1.63. The molecule has 0 unspecified atom stereocenters. The molecule has 3 aromatic carbocycles. The molecule has 172 valence electrons. The summed E-state index contributed by atoms with van der Waals surface area (Å²) in [7, 11) is 0. The van der Waals surface area contributed by atoms with Gasteiger partial charge in [0.2, 0.25) is 5.90 Å². The van der Waals surface area contributed by atoms with E-state index in [4.69, 9.17) is 9.47 Å². The highest BCUT2D eigenvalue weighted by Crippen LogP contribution is 2.32. The van der Waals surface area contributed by atoms with Gasteiger partial charge in [0.15, 0.2) is 5.70 Å². The van der Waals surface area contributed by atoms with Crippen LogP contribution in [0.5, 0.6) is 5.75 Å². The number of aliphatic imine (C=N–C) groups is 1. The molecule has 3 aromatic rings. The third kappa shape index (κ3) is 5.59. The number of nitro benzene ring substituents is 1. The summed E-state index contributed by atoms with van der Waals surface area (Å²) in [5.41, 5.74) is 2.83. The van der Waals surface area contributed by atoms with Gasteiger partial charge in [0.05, 0.1) is 12.1 Å². The van der Waals surface area contributed by atoms with Crippen molar-refractivity contribution in [2.75, 3.05) is 0 Å². The van der Waals surface area contributed by atoms with Crippen LogP contribution in [-0.4, -0.2) is 16.8 Å². The lowest BCUT2D eigenvalue weighted by Gasteiger charge is -2.12. The van der Waals surface area contributed by atoms with Crippen LogP contribution in [0, 0.1) is 27.7 Å². The second-order valence-electron chi connectivity index (χ2n) is 7.29. The van der Waals surface area contributed by atoms with E-state index in [-0.39, 0.29) is 17.3 Å². The molecule has 34 heavy (non-hydrogen) atoms. The number of carbonyl (C=O) groups is 1. The molecule has 10 heteroatoms. The van der Waals surface area contributed by atoms with Gasteiger partial charge in [0.25, 0.3) is 5.69 Å². The molecular formula is C24H15I3N2O5. The molecule has 0 aromatic heterocycles. The van der Waals surface area contributed by atoms with Crippen LogP contribution < -0.4 is 4.74 Å². The molecule has 1 heterocycles. The standard InChI is InChI=1S/C24H15I3N2O5/c1-13-6-7-15(11-21(13)29(31)32)23-28-20(24(30)34-23)10-14-8-18(26)22(19(27)9-14)33-12-16-4-2-3-5-17(16)25/h2-11H,12H2,1H3/b20-10-. The summed E-state index contributed by atoms with van der Waals surface area (Å²) in [6.45, 7) is 2.10. The molecule has 4 rings (SSSR count). The van der Waals surface area contributed by atoms with Gasteiger partial charge >= 0.3 is 5.97 Å². The zero-order valence-corrected chi connectivity index (χ0v) is 24.0. The van der Waals surface area contributed by atoms with Crippen molar-refractivity contribution in [3.8, 4) is 5.75 Å². The fourth-order valence-electron chi connectivity index (χ4n) is 3.20. The van der Waals surface area contributed by atoms with Gasteiger partial charge in [-0.1, -0.05) is 24.3 Å². The first-order chi connectivity index (χ1) is 16.2. The maximum atomic E-state index is 12.4. The molecule has 0 N–H and O–H groups in total. The minimum Gasteiger partial charge on any atom is -0.487 e. The largest absolute Gasteiger partial charge is 0.487 e. The Labute approximate surface area is 236 Å². The summed E-state index contributed by atoms with van der Waals surface area (Å²) in [5.74, 6) is 0.205. The molecule has 0 spiro atoms. The first-order valence-corrected chi connectivity index (χ1v) is 13.1. The topological polar surface area (TPSA) is 91.0 Å². The predicted octanol–water partition coefficient (Wildman–Crippen LogP) is 6.64. The number of esters is 1. The van der Waals surface area contributed by atoms with Crippen molar-refractivity contribution in [3.05, 3.63) is 103 Å². The number of carbonyl (C=O) groups excluding carboxylic acids is 1. The van der Waals surface area contributed by atoms with E-state index in [1.54, 1.807) is 25.1 Å². The number of ether oxygens (including phenoxy) is 2. The minimum atomic E-state index is -0.609. The molecule has 0 radical (unpaired) electrons. The van der Waals surface area contributed by atoms with E-state index in [0.717, 1.165) is 27.6 Å². The number of halogens is 3. The number of cyclic esters (lactones) is 1. The number of nitrogens with zero attached hydrogens (tertiary/aromatic N) is 2. The highest BCUT2D eigenvalue weighted by molar-refractivity contribution is 14.1. The third-order valence-electron chi connectivity index (χ3n) is 4.93. The van der Waals surface area contributed by atoms with Crippen LogP contribution in [0.1, 0.15) is 22.3 Å². The van der Waals surface area contributed by atoms with Crippen LogP contribution in [-0.2, 0) is 16.1 Å². The fraction of sp³-hybridized carbons (Fsp3) is 0.0833. The highest BCUT2D eigenvalue weighted by atomic mass is 127. The molecule has 0 bridgehead atoms. The average Bonchev–Trinajstić information content (AvgIpc) is 3.14. The molecule has 0 aliphatic carbocycles. The molecular weight excluding hydrogens is 777 g/mol. The van der Waals surface area contributed by atoms with Gasteiger partial charge in [0, 0.05) is 26.3 Å². The number of nitro groups is 1. The lowest BCUT2D eigenvalue weighted by Crippen LogP contribution is -2.06. The van der Waals surface area contributed by atoms with Crippen molar-refractivity contribution in [2.24, 2.45) is 4.99 Å². The Kier molecular flexibility index (Phi) is 7.87. The highest BCUT2D eigenvalue weighted by Gasteiger charge is 2.26. The molecule has 0 amide bonds. The maximum absolute atomic E-state index is 12.4. The van der Waals surface area contributed by atoms with Crippen molar-refractivity contribution in [3.63, 3.8) is 0 Å². The second kappa shape index (κ2) is 10.7. The monoisotopic (exact) mass is 792 g/mol. The number of hydrogen-bond acceptors (Lipinski definition) is 6. The van der Waals surface area contributed by atoms with Gasteiger partial charge in [0.1, 0.15) is 12.4 Å². The van der Waals surface area contributed by atoms with E-state index >= 15 is 0 Å². The van der Waals surface area contributed by atoms with E-state index < -0.39 is 10.9 Å². The van der Waals surface area contributed by atoms with Gasteiger partial charge in [-0.15, -0.1) is 0 Å². The van der Waals surface area contributed by atoms with E-state index in [9.17, 15) is 14.9 Å². The Bertz CT molecular complexity index is 1360. The van der Waals surface area contributed by atoms with Gasteiger partial charge in [-0.25, -0.2) is 9.79 Å². The van der Waals surface area contributed by atoms with Gasteiger partial charge in [-0.2, -0.15) is 0 Å². The zero-order chi connectivity index (χ0) is 24.4. The SMILES string of the molecule is Cc1ccc(C2=N/C(=C\c3cc(I)c(OCc4ccccc4I)c(I)c3)C(=O)O2)cc1[N+](=O)[O-]. The lowest BCUT2D eigenvalue weighted by molar-refractivity contribution is -0.385. The first kappa shape index (κ1) is 25.0. The van der Waals surface area contributed by atoms with Crippen molar-refractivity contribution >= 4 is 91.4 Å². The first-order valence-electron chi connectivity index (χ1n) is 9.86. The Balaban J connectivity index is 1.58. The predicted molar refractivity (Wildman–Crippen MR) is 154 cm³/mol. The van der Waals surface area contributed by atoms with E-state index in [1.165, 1.54) is 6.07 Å². The molecule has 1 aliphatic rings. The van der Waals surface area contributed by atoms with Gasteiger partial charge in [-0.05, 0) is 111 Å².